The van der Waals surface area contributed by atoms with E-state index in [2.05, 4.69) is 0 Å². The minimum absolute atomic E-state index is 0.313. The summed E-state index contributed by atoms with van der Waals surface area (Å²) in [6.45, 7) is 0. The molecule has 1 saturated carbocycles. The summed E-state index contributed by atoms with van der Waals surface area (Å²) in [6, 6.07) is 6.04. The van der Waals surface area contributed by atoms with Crippen LogP contribution in [0.2, 0.25) is 0 Å². The van der Waals surface area contributed by atoms with Crippen LogP contribution in [0.25, 0.3) is 0 Å². The molecule has 4 heteroatoms. The molecule has 0 amide bonds. The maximum Gasteiger partial charge on any atom is 0.131 e. The van der Waals surface area contributed by atoms with Gasteiger partial charge in [-0.2, -0.15) is 0 Å². The summed E-state index contributed by atoms with van der Waals surface area (Å²) in [6.07, 6.45) is 9.80. The van der Waals surface area contributed by atoms with Crippen LogP contribution < -0.4 is 10.5 Å². The van der Waals surface area contributed by atoms with Gasteiger partial charge in [-0.05, 0) is 44.1 Å². The highest BCUT2D eigenvalue weighted by Crippen LogP contribution is 2.31. The molecule has 0 aliphatic heterocycles. The lowest BCUT2D eigenvalue weighted by Gasteiger charge is -2.20. The topological polar surface area (TPSA) is 35.2 Å². The van der Waals surface area contributed by atoms with Gasteiger partial charge in [-0.15, -0.1) is 11.8 Å². The number of hydrogen-bond acceptors (Lipinski definition) is 3. The van der Waals surface area contributed by atoms with Gasteiger partial charge in [-0.25, -0.2) is 0 Å². The van der Waals surface area contributed by atoms with E-state index in [9.17, 15) is 0 Å². The van der Waals surface area contributed by atoms with E-state index in [0.29, 0.717) is 11.1 Å². The fraction of sp³-hybridized carbons (Fsp3) is 0.533. The molecule has 0 saturated heterocycles. The molecule has 0 radical (unpaired) electrons. The fourth-order valence-electron chi connectivity index (χ4n) is 2.56. The standard InChI is InChI=1S/C15H21NOS2/c1-19-13-10-6-9-12(14(13)15(16)18)17-11-7-4-2-3-5-8-11/h6,9-11H,2-5,7-8H2,1H3,(H2,16,18). The SMILES string of the molecule is CSc1cccc(OC2CCCCCC2)c1C(N)=S. The van der Waals surface area contributed by atoms with Crippen molar-refractivity contribution in [2.24, 2.45) is 5.73 Å². The average molecular weight is 295 g/mol. The smallest absolute Gasteiger partial charge is 0.131 e. The zero-order valence-electron chi connectivity index (χ0n) is 11.4. The van der Waals surface area contributed by atoms with E-state index in [0.717, 1.165) is 29.1 Å². The summed E-state index contributed by atoms with van der Waals surface area (Å²) in [5.41, 5.74) is 6.76. The van der Waals surface area contributed by atoms with Crippen LogP contribution in [-0.4, -0.2) is 17.3 Å². The summed E-state index contributed by atoms with van der Waals surface area (Å²) in [5.74, 6) is 0.853. The summed E-state index contributed by atoms with van der Waals surface area (Å²) in [5, 5.41) is 0. The number of thiocarbonyl (C=S) groups is 1. The van der Waals surface area contributed by atoms with Crippen LogP contribution in [0.5, 0.6) is 5.75 Å². The first kappa shape index (κ1) is 14.7. The number of hydrogen-bond donors (Lipinski definition) is 1. The monoisotopic (exact) mass is 295 g/mol. The molecule has 1 aromatic rings. The lowest BCUT2D eigenvalue weighted by molar-refractivity contribution is 0.183. The molecule has 1 fully saturated rings. The second-order valence-electron chi connectivity index (χ2n) is 4.93. The molecule has 0 atom stereocenters. The van der Waals surface area contributed by atoms with Crippen molar-refractivity contribution in [2.45, 2.75) is 49.5 Å². The van der Waals surface area contributed by atoms with Crippen LogP contribution in [0.3, 0.4) is 0 Å². The molecule has 0 unspecified atom stereocenters. The van der Waals surface area contributed by atoms with Crippen LogP contribution in [0.15, 0.2) is 23.1 Å². The largest absolute Gasteiger partial charge is 0.490 e. The van der Waals surface area contributed by atoms with Crippen LogP contribution in [0.1, 0.15) is 44.1 Å². The molecule has 0 heterocycles. The molecule has 2 rings (SSSR count). The number of rotatable bonds is 4. The molecular weight excluding hydrogens is 274 g/mol. The molecule has 104 valence electrons. The summed E-state index contributed by atoms with van der Waals surface area (Å²) >= 11 is 6.84. The summed E-state index contributed by atoms with van der Waals surface area (Å²) in [7, 11) is 0. The highest BCUT2D eigenvalue weighted by Gasteiger charge is 2.18. The molecule has 0 bridgehead atoms. The number of benzene rings is 1. The predicted octanol–water partition coefficient (Wildman–Crippen LogP) is 4.14. The second kappa shape index (κ2) is 7.15. The zero-order valence-corrected chi connectivity index (χ0v) is 13.0. The molecule has 19 heavy (non-hydrogen) atoms. The van der Waals surface area contributed by atoms with Gasteiger partial charge in [0.25, 0.3) is 0 Å². The summed E-state index contributed by atoms with van der Waals surface area (Å²) < 4.78 is 6.19. The van der Waals surface area contributed by atoms with Crippen molar-refractivity contribution in [1.29, 1.82) is 0 Å². The van der Waals surface area contributed by atoms with Gasteiger partial charge >= 0.3 is 0 Å². The zero-order chi connectivity index (χ0) is 13.7. The van der Waals surface area contributed by atoms with Gasteiger partial charge in [0.2, 0.25) is 0 Å². The van der Waals surface area contributed by atoms with Crippen molar-refractivity contribution in [2.75, 3.05) is 6.26 Å². The van der Waals surface area contributed by atoms with Crippen molar-refractivity contribution in [1.82, 2.24) is 0 Å². The quantitative estimate of drug-likeness (QED) is 0.514. The highest BCUT2D eigenvalue weighted by molar-refractivity contribution is 7.98. The van der Waals surface area contributed by atoms with Gasteiger partial charge in [-0.1, -0.05) is 31.1 Å². The van der Waals surface area contributed by atoms with Crippen LogP contribution in [0.4, 0.5) is 0 Å². The third-order valence-corrected chi connectivity index (χ3v) is 4.53. The molecular formula is C15H21NOS2. The Morgan fingerprint density at radius 1 is 1.26 bits per heavy atom. The summed E-state index contributed by atoms with van der Waals surface area (Å²) in [4.78, 5) is 1.52. The van der Waals surface area contributed by atoms with Crippen LogP contribution >= 0.6 is 24.0 Å². The Morgan fingerprint density at radius 2 is 1.95 bits per heavy atom. The van der Waals surface area contributed by atoms with Crippen LogP contribution in [0, 0.1) is 0 Å². The van der Waals surface area contributed by atoms with Gasteiger partial charge in [0.15, 0.2) is 0 Å². The maximum absolute atomic E-state index is 6.19. The van der Waals surface area contributed by atoms with Crippen molar-refractivity contribution in [3.05, 3.63) is 23.8 Å². The molecule has 1 aliphatic carbocycles. The normalized spacial score (nSPS) is 16.9. The highest BCUT2D eigenvalue weighted by atomic mass is 32.2. The van der Waals surface area contributed by atoms with E-state index >= 15 is 0 Å². The number of ether oxygens (including phenoxy) is 1. The Labute approximate surface area is 125 Å². The van der Waals surface area contributed by atoms with E-state index in [4.69, 9.17) is 22.7 Å². The first-order chi connectivity index (χ1) is 9.22. The maximum atomic E-state index is 6.19. The van der Waals surface area contributed by atoms with E-state index in [1.807, 2.05) is 24.5 Å². The van der Waals surface area contributed by atoms with Crippen molar-refractivity contribution >= 4 is 29.0 Å². The molecule has 1 aliphatic rings. The Kier molecular flexibility index (Phi) is 5.52. The Morgan fingerprint density at radius 3 is 2.53 bits per heavy atom. The first-order valence-electron chi connectivity index (χ1n) is 6.86. The molecule has 1 aromatic carbocycles. The minimum Gasteiger partial charge on any atom is -0.490 e. The lowest BCUT2D eigenvalue weighted by Crippen LogP contribution is -2.19. The number of nitrogens with two attached hydrogens (primary N) is 1. The Hall–Kier alpha value is -0.740. The Bertz CT molecular complexity index is 440. The predicted molar refractivity (Wildman–Crippen MR) is 86.2 cm³/mol. The third kappa shape index (κ3) is 3.86. The van der Waals surface area contributed by atoms with Crippen molar-refractivity contribution < 1.29 is 4.74 Å². The first-order valence-corrected chi connectivity index (χ1v) is 8.49. The minimum atomic E-state index is 0.313. The molecule has 0 spiro atoms. The van der Waals surface area contributed by atoms with Gasteiger partial charge in [0.05, 0.1) is 11.7 Å². The van der Waals surface area contributed by atoms with Gasteiger partial charge in [-0.3, -0.25) is 0 Å². The Balaban J connectivity index is 2.21. The van der Waals surface area contributed by atoms with Gasteiger partial charge in [0, 0.05) is 4.90 Å². The van der Waals surface area contributed by atoms with Gasteiger partial charge in [0.1, 0.15) is 10.7 Å². The van der Waals surface area contributed by atoms with Crippen molar-refractivity contribution in [3.63, 3.8) is 0 Å². The van der Waals surface area contributed by atoms with E-state index in [1.54, 1.807) is 11.8 Å². The van der Waals surface area contributed by atoms with E-state index in [1.165, 1.54) is 25.7 Å². The molecule has 0 aromatic heterocycles. The van der Waals surface area contributed by atoms with Crippen LogP contribution in [-0.2, 0) is 0 Å². The fourth-order valence-corrected chi connectivity index (χ4v) is 3.47. The van der Waals surface area contributed by atoms with Crippen molar-refractivity contribution in [3.8, 4) is 5.75 Å². The number of thioether (sulfide) groups is 1. The average Bonchev–Trinajstić information content (AvgIpc) is 2.66. The lowest BCUT2D eigenvalue weighted by atomic mass is 10.1. The molecule has 2 nitrogen and oxygen atoms in total. The molecule has 2 N–H and O–H groups in total. The van der Waals surface area contributed by atoms with Gasteiger partial charge < -0.3 is 10.5 Å². The third-order valence-electron chi connectivity index (χ3n) is 3.55. The second-order valence-corrected chi connectivity index (χ2v) is 6.22. The van der Waals surface area contributed by atoms with E-state index < -0.39 is 0 Å². The van der Waals surface area contributed by atoms with E-state index in [-0.39, 0.29) is 0 Å².